The van der Waals surface area contributed by atoms with Crippen molar-refractivity contribution in [1.29, 1.82) is 0 Å². The van der Waals surface area contributed by atoms with Crippen molar-refractivity contribution >= 4 is 34.0 Å². The van der Waals surface area contributed by atoms with E-state index in [2.05, 4.69) is 0 Å². The molecule has 0 saturated heterocycles. The van der Waals surface area contributed by atoms with E-state index in [0.29, 0.717) is 34.0 Å². The molecule has 0 aliphatic heterocycles. The van der Waals surface area contributed by atoms with Crippen LogP contribution in [0.2, 0.25) is 0 Å². The van der Waals surface area contributed by atoms with Gasteiger partial charge in [-0.3, -0.25) is 9.59 Å². The van der Waals surface area contributed by atoms with Crippen LogP contribution in [-0.2, 0) is 9.49 Å². The maximum Gasteiger partial charge on any atom is 0.278 e. The molecule has 0 bridgehead atoms. The zero-order chi connectivity index (χ0) is 36.6. The third-order valence-corrected chi connectivity index (χ3v) is 10.3. The van der Waals surface area contributed by atoms with Gasteiger partial charge in [-0.2, -0.15) is 0 Å². The van der Waals surface area contributed by atoms with Gasteiger partial charge in [0.1, 0.15) is 38.6 Å². The Morgan fingerprint density at radius 3 is 0.961 bits per heavy atom. The molecule has 0 heterocycles. The van der Waals surface area contributed by atoms with Gasteiger partial charge in [0, 0.05) is 11.1 Å². The van der Waals surface area contributed by atoms with Gasteiger partial charge in [-0.15, -0.1) is 0 Å². The zero-order valence-electron chi connectivity index (χ0n) is 26.6. The first-order valence-corrected chi connectivity index (χ1v) is 16.9. The molecule has 2 amide bonds. The Hall–Kier alpha value is -5.39. The molecule has 51 heavy (non-hydrogen) atoms. The number of rotatable bonds is 8. The molecule has 0 aliphatic rings. The molecule has 4 nitrogen and oxygen atoms in total. The number of carbonyl (C=O) groups is 2. The van der Waals surface area contributed by atoms with Gasteiger partial charge in [-0.1, -0.05) is 103 Å². The Morgan fingerprint density at radius 2 is 0.667 bits per heavy atom. The van der Waals surface area contributed by atoms with Crippen molar-refractivity contribution in [3.63, 3.8) is 0 Å². The highest BCUT2D eigenvalue weighted by Crippen LogP contribution is 2.50. The quantitative estimate of drug-likeness (QED) is 0.121. The minimum Gasteiger partial charge on any atom is -0.360 e. The third-order valence-electron chi connectivity index (χ3n) is 7.95. The Bertz CT molecular complexity index is 2070. The molecular formula is C40H29F5N2O2S2. The third kappa shape index (κ3) is 8.00. The van der Waals surface area contributed by atoms with Crippen LogP contribution in [0.4, 0.5) is 31.5 Å². The number of nitrogens with two attached hydrogens (primary N) is 2. The molecular weight excluding hydrogens is 700 g/mol. The maximum atomic E-state index is 14.8. The molecule has 0 aliphatic carbocycles. The van der Waals surface area contributed by atoms with Crippen molar-refractivity contribution in [2.24, 2.45) is 11.5 Å². The number of thioether (sulfide) groups is 2. The second kappa shape index (κ2) is 16.1. The molecule has 1 atom stereocenters. The highest BCUT2D eigenvalue weighted by atomic mass is 32.2. The van der Waals surface area contributed by atoms with Crippen LogP contribution in [0.1, 0.15) is 33.4 Å². The Balaban J connectivity index is 0.000000198. The predicted molar refractivity (Wildman–Crippen MR) is 193 cm³/mol. The molecule has 0 aromatic heterocycles. The van der Waals surface area contributed by atoms with Crippen LogP contribution in [0.5, 0.6) is 0 Å². The first kappa shape index (κ1) is 36.9. The number of amides is 2. The SMILES string of the molecule is NC(=O)SC(c1ccc(F)cc1)(c1ccc(F)cc1)c1ccccc1F.NC(=O)SC(c1ccccc1)(c1ccc(F)cc1)c1ccccc1F. The number of carbonyl (C=O) groups excluding carboxylic acids is 2. The summed E-state index contributed by atoms with van der Waals surface area (Å²) in [6.07, 6.45) is 0. The van der Waals surface area contributed by atoms with Crippen molar-refractivity contribution in [3.8, 4) is 0 Å². The summed E-state index contributed by atoms with van der Waals surface area (Å²) in [4.78, 5) is 23.8. The van der Waals surface area contributed by atoms with E-state index >= 15 is 0 Å². The van der Waals surface area contributed by atoms with E-state index in [9.17, 15) is 31.5 Å². The van der Waals surface area contributed by atoms with E-state index in [1.54, 1.807) is 60.7 Å². The summed E-state index contributed by atoms with van der Waals surface area (Å²) in [5.74, 6) is -2.39. The van der Waals surface area contributed by atoms with Crippen molar-refractivity contribution in [3.05, 3.63) is 214 Å². The lowest BCUT2D eigenvalue weighted by Crippen LogP contribution is -2.30. The van der Waals surface area contributed by atoms with E-state index in [1.165, 1.54) is 84.9 Å². The molecule has 6 rings (SSSR count). The highest BCUT2D eigenvalue weighted by Gasteiger charge is 2.42. The van der Waals surface area contributed by atoms with Crippen LogP contribution in [0.15, 0.2) is 152 Å². The summed E-state index contributed by atoms with van der Waals surface area (Å²) in [7, 11) is 0. The number of halogens is 5. The summed E-state index contributed by atoms with van der Waals surface area (Å²) < 4.78 is 67.2. The van der Waals surface area contributed by atoms with E-state index < -0.39 is 49.1 Å². The van der Waals surface area contributed by atoms with E-state index in [0.717, 1.165) is 11.8 Å². The molecule has 258 valence electrons. The average molecular weight is 729 g/mol. The topological polar surface area (TPSA) is 86.2 Å². The van der Waals surface area contributed by atoms with Crippen LogP contribution >= 0.6 is 23.5 Å². The fourth-order valence-corrected chi connectivity index (χ4v) is 7.99. The fraction of sp³-hybridized carbons (Fsp3) is 0.0500. The average Bonchev–Trinajstić information content (AvgIpc) is 3.12. The summed E-state index contributed by atoms with van der Waals surface area (Å²) in [5.41, 5.74) is 13.5. The molecule has 6 aromatic rings. The van der Waals surface area contributed by atoms with Crippen molar-refractivity contribution < 1.29 is 31.5 Å². The summed E-state index contributed by atoms with van der Waals surface area (Å²) in [6.45, 7) is 0. The summed E-state index contributed by atoms with van der Waals surface area (Å²) in [5, 5.41) is -1.40. The van der Waals surface area contributed by atoms with Crippen LogP contribution < -0.4 is 11.5 Å². The molecule has 4 N–H and O–H groups in total. The van der Waals surface area contributed by atoms with E-state index in [1.807, 2.05) is 6.07 Å². The first-order chi connectivity index (χ1) is 24.5. The van der Waals surface area contributed by atoms with Gasteiger partial charge in [0.2, 0.25) is 0 Å². The monoisotopic (exact) mass is 728 g/mol. The summed E-state index contributed by atoms with van der Waals surface area (Å²) >= 11 is 1.49. The molecule has 0 spiro atoms. The van der Waals surface area contributed by atoms with Crippen LogP contribution in [0.3, 0.4) is 0 Å². The molecule has 0 radical (unpaired) electrons. The minimum absolute atomic E-state index is 0.169. The predicted octanol–water partition coefficient (Wildman–Crippen LogP) is 10.3. The molecule has 11 heteroatoms. The Kier molecular flexibility index (Phi) is 11.6. The van der Waals surface area contributed by atoms with Gasteiger partial charge in [0.15, 0.2) is 0 Å². The maximum absolute atomic E-state index is 14.8. The normalized spacial score (nSPS) is 12.3. The van der Waals surface area contributed by atoms with E-state index in [-0.39, 0.29) is 11.1 Å². The number of benzene rings is 6. The second-order valence-electron chi connectivity index (χ2n) is 11.1. The number of hydrogen-bond acceptors (Lipinski definition) is 4. The van der Waals surface area contributed by atoms with Gasteiger partial charge < -0.3 is 11.5 Å². The number of hydrogen-bond donors (Lipinski definition) is 2. The molecule has 0 fully saturated rings. The van der Waals surface area contributed by atoms with Gasteiger partial charge in [-0.05, 0) is 94.3 Å². The lowest BCUT2D eigenvalue weighted by molar-refractivity contribution is 0.266. The molecule has 0 saturated carbocycles. The smallest absolute Gasteiger partial charge is 0.278 e. The van der Waals surface area contributed by atoms with Crippen molar-refractivity contribution in [2.45, 2.75) is 9.49 Å². The molecule has 1 unspecified atom stereocenters. The van der Waals surface area contributed by atoms with Gasteiger partial charge >= 0.3 is 0 Å². The van der Waals surface area contributed by atoms with Crippen LogP contribution in [0.25, 0.3) is 0 Å². The summed E-state index contributed by atoms with van der Waals surface area (Å²) in [6, 6.07) is 37.6. The standard InChI is InChI=1S/C20H14F3NOS.C20H15F2NOS/c21-15-9-5-13(6-10-15)20(26-19(24)25,14-7-11-16(22)12-8-14)17-3-1-2-4-18(17)23;21-16-12-10-15(11-13-16)20(25-19(23)24,14-6-2-1-3-7-14)17-8-4-5-9-18(17)22/h1-12H,(H2,24,25);1-13H,(H2,23,24). The Morgan fingerprint density at radius 1 is 0.392 bits per heavy atom. The van der Waals surface area contributed by atoms with Gasteiger partial charge in [0.25, 0.3) is 10.5 Å². The first-order valence-electron chi connectivity index (χ1n) is 15.3. The van der Waals surface area contributed by atoms with Gasteiger partial charge in [-0.25, -0.2) is 22.0 Å². The van der Waals surface area contributed by atoms with Crippen molar-refractivity contribution in [2.75, 3.05) is 0 Å². The van der Waals surface area contributed by atoms with Crippen molar-refractivity contribution in [1.82, 2.24) is 0 Å². The molecule has 6 aromatic carbocycles. The fourth-order valence-electron chi connectivity index (χ4n) is 5.82. The zero-order valence-corrected chi connectivity index (χ0v) is 28.2. The lowest BCUT2D eigenvalue weighted by atomic mass is 9.83. The lowest BCUT2D eigenvalue weighted by Gasteiger charge is -2.34. The van der Waals surface area contributed by atoms with Gasteiger partial charge in [0.05, 0.1) is 0 Å². The second-order valence-corrected chi connectivity index (χ2v) is 13.5. The largest absolute Gasteiger partial charge is 0.360 e. The highest BCUT2D eigenvalue weighted by molar-refractivity contribution is 8.14. The van der Waals surface area contributed by atoms with Crippen LogP contribution in [0, 0.1) is 29.1 Å². The van der Waals surface area contributed by atoms with E-state index in [4.69, 9.17) is 11.5 Å². The Labute approximate surface area is 299 Å². The minimum atomic E-state index is -1.39. The number of primary amides is 2. The van der Waals surface area contributed by atoms with Crippen LogP contribution in [-0.4, -0.2) is 10.5 Å².